The lowest BCUT2D eigenvalue weighted by molar-refractivity contribution is -0.121. The molecular weight excluding hydrogens is 298 g/mol. The van der Waals surface area contributed by atoms with Gasteiger partial charge < -0.3 is 5.32 Å². The number of fused-ring (bicyclic) bond motifs is 2. The fourth-order valence-electron chi connectivity index (χ4n) is 4.18. The zero-order valence-electron chi connectivity index (χ0n) is 13.8. The molecule has 1 saturated heterocycles. The molecule has 124 valence electrons. The van der Waals surface area contributed by atoms with Crippen LogP contribution in [0.4, 0.5) is 0 Å². The zero-order chi connectivity index (χ0) is 16.4. The highest BCUT2D eigenvalue weighted by Crippen LogP contribution is 2.38. The van der Waals surface area contributed by atoms with E-state index >= 15 is 0 Å². The fourth-order valence-corrected chi connectivity index (χ4v) is 4.18. The van der Waals surface area contributed by atoms with Crippen LogP contribution in [0, 0.1) is 5.92 Å². The van der Waals surface area contributed by atoms with Gasteiger partial charge in [0.05, 0.1) is 6.42 Å². The van der Waals surface area contributed by atoms with Crippen LogP contribution in [-0.2, 0) is 17.8 Å². The van der Waals surface area contributed by atoms with Gasteiger partial charge in [0.2, 0.25) is 5.91 Å². The highest BCUT2D eigenvalue weighted by molar-refractivity contribution is 5.78. The molecule has 1 N–H and O–H groups in total. The molecule has 2 fully saturated rings. The molecular formula is C20H23N3O. The van der Waals surface area contributed by atoms with Gasteiger partial charge in [-0.1, -0.05) is 36.4 Å². The number of pyridine rings is 1. The van der Waals surface area contributed by atoms with Crippen molar-refractivity contribution in [2.75, 3.05) is 6.54 Å². The SMILES string of the molecule is O=C(Cc1ccccc1)NC1CC2CC1CN2Cc1cccnc1. The molecule has 4 rings (SSSR count). The molecule has 1 aliphatic heterocycles. The summed E-state index contributed by atoms with van der Waals surface area (Å²) >= 11 is 0. The molecule has 1 aromatic carbocycles. The van der Waals surface area contributed by atoms with Crippen molar-refractivity contribution in [2.45, 2.75) is 37.9 Å². The number of benzene rings is 1. The van der Waals surface area contributed by atoms with Gasteiger partial charge in [-0.15, -0.1) is 0 Å². The topological polar surface area (TPSA) is 45.2 Å². The van der Waals surface area contributed by atoms with Gasteiger partial charge in [0, 0.05) is 37.6 Å². The van der Waals surface area contributed by atoms with Gasteiger partial charge in [-0.2, -0.15) is 0 Å². The summed E-state index contributed by atoms with van der Waals surface area (Å²) in [6.45, 7) is 2.05. The van der Waals surface area contributed by atoms with Crippen molar-refractivity contribution in [3.05, 3.63) is 66.0 Å². The molecule has 1 aromatic heterocycles. The average molecular weight is 321 g/mol. The van der Waals surface area contributed by atoms with Gasteiger partial charge in [-0.3, -0.25) is 14.7 Å². The first kappa shape index (κ1) is 15.3. The lowest BCUT2D eigenvalue weighted by Gasteiger charge is -2.32. The minimum atomic E-state index is 0.151. The van der Waals surface area contributed by atoms with E-state index in [1.807, 2.05) is 48.8 Å². The third-order valence-corrected chi connectivity index (χ3v) is 5.32. The summed E-state index contributed by atoms with van der Waals surface area (Å²) in [4.78, 5) is 19.0. The minimum Gasteiger partial charge on any atom is -0.353 e. The fraction of sp³-hybridized carbons (Fsp3) is 0.400. The second-order valence-electron chi connectivity index (χ2n) is 7.01. The van der Waals surface area contributed by atoms with E-state index in [-0.39, 0.29) is 5.91 Å². The zero-order valence-corrected chi connectivity index (χ0v) is 13.8. The third-order valence-electron chi connectivity index (χ3n) is 5.32. The minimum absolute atomic E-state index is 0.151. The predicted octanol–water partition coefficient (Wildman–Crippen LogP) is 2.40. The Morgan fingerprint density at radius 2 is 1.96 bits per heavy atom. The number of aromatic nitrogens is 1. The first-order chi connectivity index (χ1) is 11.8. The number of piperidine rings is 1. The van der Waals surface area contributed by atoms with Crippen molar-refractivity contribution >= 4 is 5.91 Å². The highest BCUT2D eigenvalue weighted by Gasteiger charge is 2.44. The number of hydrogen-bond acceptors (Lipinski definition) is 3. The van der Waals surface area contributed by atoms with Gasteiger partial charge in [0.25, 0.3) is 0 Å². The molecule has 2 heterocycles. The van der Waals surface area contributed by atoms with Gasteiger partial charge in [0.1, 0.15) is 0 Å². The first-order valence-electron chi connectivity index (χ1n) is 8.74. The quantitative estimate of drug-likeness (QED) is 0.920. The van der Waals surface area contributed by atoms with Crippen molar-refractivity contribution in [3.63, 3.8) is 0 Å². The van der Waals surface area contributed by atoms with Gasteiger partial charge in [-0.05, 0) is 36.0 Å². The van der Waals surface area contributed by atoms with Crippen LogP contribution in [0.1, 0.15) is 24.0 Å². The number of nitrogens with zero attached hydrogens (tertiary/aromatic N) is 2. The summed E-state index contributed by atoms with van der Waals surface area (Å²) in [6.07, 6.45) is 6.53. The van der Waals surface area contributed by atoms with Crippen LogP contribution in [0.15, 0.2) is 54.9 Å². The highest BCUT2D eigenvalue weighted by atomic mass is 16.1. The van der Waals surface area contributed by atoms with E-state index in [9.17, 15) is 4.79 Å². The van der Waals surface area contributed by atoms with E-state index in [2.05, 4.69) is 21.3 Å². The number of likely N-dealkylation sites (tertiary alicyclic amines) is 1. The normalized spacial score (nSPS) is 25.8. The molecule has 24 heavy (non-hydrogen) atoms. The Morgan fingerprint density at radius 1 is 1.12 bits per heavy atom. The van der Waals surface area contributed by atoms with Gasteiger partial charge in [0.15, 0.2) is 0 Å². The number of hydrogen-bond donors (Lipinski definition) is 1. The largest absolute Gasteiger partial charge is 0.353 e. The van der Waals surface area contributed by atoms with Crippen molar-refractivity contribution in [1.29, 1.82) is 0 Å². The van der Waals surface area contributed by atoms with E-state index in [1.54, 1.807) is 0 Å². The van der Waals surface area contributed by atoms with Crippen LogP contribution in [0.2, 0.25) is 0 Å². The molecule has 1 amide bonds. The Kier molecular flexibility index (Phi) is 4.30. The molecule has 3 unspecified atom stereocenters. The van der Waals surface area contributed by atoms with Crippen molar-refractivity contribution in [2.24, 2.45) is 5.92 Å². The molecule has 0 spiro atoms. The Labute approximate surface area is 142 Å². The lowest BCUT2D eigenvalue weighted by atomic mass is 10.0. The Balaban J connectivity index is 1.29. The van der Waals surface area contributed by atoms with E-state index in [0.29, 0.717) is 24.4 Å². The van der Waals surface area contributed by atoms with Crippen LogP contribution in [-0.4, -0.2) is 34.4 Å². The Hall–Kier alpha value is -2.20. The van der Waals surface area contributed by atoms with Crippen LogP contribution in [0.3, 0.4) is 0 Å². The lowest BCUT2D eigenvalue weighted by Crippen LogP contribution is -2.46. The molecule has 4 heteroatoms. The maximum atomic E-state index is 12.3. The van der Waals surface area contributed by atoms with E-state index in [1.165, 1.54) is 12.0 Å². The second-order valence-corrected chi connectivity index (χ2v) is 7.01. The summed E-state index contributed by atoms with van der Waals surface area (Å²) in [7, 11) is 0. The maximum Gasteiger partial charge on any atom is 0.224 e. The van der Waals surface area contributed by atoms with Crippen molar-refractivity contribution < 1.29 is 4.79 Å². The molecule has 4 nitrogen and oxygen atoms in total. The number of amides is 1. The van der Waals surface area contributed by atoms with Gasteiger partial charge in [-0.25, -0.2) is 0 Å². The van der Waals surface area contributed by atoms with Crippen LogP contribution in [0.5, 0.6) is 0 Å². The monoisotopic (exact) mass is 321 g/mol. The Morgan fingerprint density at radius 3 is 2.67 bits per heavy atom. The van der Waals surface area contributed by atoms with Crippen molar-refractivity contribution in [1.82, 2.24) is 15.2 Å². The Bertz CT molecular complexity index is 689. The molecule has 0 radical (unpaired) electrons. The van der Waals surface area contributed by atoms with Crippen LogP contribution in [0.25, 0.3) is 0 Å². The number of carbonyl (C=O) groups excluding carboxylic acids is 1. The summed E-state index contributed by atoms with van der Waals surface area (Å²) in [5, 5.41) is 3.27. The molecule has 2 aromatic rings. The molecule has 1 saturated carbocycles. The second kappa shape index (κ2) is 6.73. The molecule has 2 aliphatic rings. The summed E-state index contributed by atoms with van der Waals surface area (Å²) in [5.74, 6) is 0.740. The molecule has 2 bridgehead atoms. The standard InChI is InChI=1S/C20H23N3O/c24-20(9-15-5-2-1-3-6-15)22-19-11-18-10-17(19)14-23(18)13-16-7-4-8-21-12-16/h1-8,12,17-19H,9-11,13-14H2,(H,22,24). The van der Waals surface area contributed by atoms with E-state index in [4.69, 9.17) is 0 Å². The maximum absolute atomic E-state index is 12.3. The van der Waals surface area contributed by atoms with Crippen molar-refractivity contribution in [3.8, 4) is 0 Å². The molecule has 3 atom stereocenters. The summed E-state index contributed by atoms with van der Waals surface area (Å²) in [5.41, 5.74) is 2.35. The van der Waals surface area contributed by atoms with E-state index in [0.717, 1.165) is 25.1 Å². The van der Waals surface area contributed by atoms with Crippen LogP contribution < -0.4 is 5.32 Å². The smallest absolute Gasteiger partial charge is 0.224 e. The van der Waals surface area contributed by atoms with Crippen LogP contribution >= 0.6 is 0 Å². The summed E-state index contributed by atoms with van der Waals surface area (Å²) in [6, 6.07) is 15.0. The summed E-state index contributed by atoms with van der Waals surface area (Å²) < 4.78 is 0. The van der Waals surface area contributed by atoms with E-state index < -0.39 is 0 Å². The first-order valence-corrected chi connectivity index (χ1v) is 8.74. The predicted molar refractivity (Wildman–Crippen MR) is 93.2 cm³/mol. The number of rotatable bonds is 5. The van der Waals surface area contributed by atoms with Gasteiger partial charge >= 0.3 is 0 Å². The number of carbonyl (C=O) groups is 1. The number of nitrogens with one attached hydrogen (secondary N) is 1. The molecule has 1 aliphatic carbocycles. The average Bonchev–Trinajstić information content (AvgIpc) is 3.16. The third kappa shape index (κ3) is 3.34.